The first-order valence-corrected chi connectivity index (χ1v) is 35.5. The van der Waals surface area contributed by atoms with Crippen LogP contribution in [0.15, 0.2) is 0 Å². The predicted molar refractivity (Wildman–Crippen MR) is 322 cm³/mol. The van der Waals surface area contributed by atoms with E-state index in [1.807, 2.05) is 0 Å². The molecule has 0 aromatic carbocycles. The molecule has 1 radical (unpaired) electrons. The van der Waals surface area contributed by atoms with Crippen molar-refractivity contribution in [3.8, 4) is 0 Å². The van der Waals surface area contributed by atoms with Crippen molar-refractivity contribution >= 4 is 17.9 Å². The van der Waals surface area contributed by atoms with Crippen molar-refractivity contribution in [2.75, 3.05) is 0 Å². The fourth-order valence-corrected chi connectivity index (χ4v) is 26.0. The summed E-state index contributed by atoms with van der Waals surface area (Å²) in [5, 5.41) is 132. The molecule has 16 heteroatoms. The predicted octanol–water partition coefficient (Wildman–Crippen LogP) is 6.34. The first-order chi connectivity index (χ1) is 40.8. The Morgan fingerprint density at radius 1 is 0.364 bits per heavy atom. The number of aliphatic hydroxyl groups is 9. The maximum atomic E-state index is 11.5. The molecule has 503 valence electrons. The van der Waals surface area contributed by atoms with E-state index < -0.39 is 36.2 Å². The van der Waals surface area contributed by atoms with Gasteiger partial charge in [0.25, 0.3) is 0 Å². The van der Waals surface area contributed by atoms with Crippen LogP contribution < -0.4 is 15.3 Å². The van der Waals surface area contributed by atoms with Crippen molar-refractivity contribution in [1.82, 2.24) is 0 Å². The Morgan fingerprint density at radius 3 is 0.830 bits per heavy atom. The van der Waals surface area contributed by atoms with Gasteiger partial charge in [-0.25, -0.2) is 0 Å². The minimum Gasteiger partial charge on any atom is -0.550 e. The second kappa shape index (κ2) is 26.6. The molecule has 0 aromatic rings. The number of aliphatic carboxylic acids is 3. The van der Waals surface area contributed by atoms with E-state index in [2.05, 4.69) is 62.3 Å². The molecule has 9 unspecified atom stereocenters. The fourth-order valence-electron chi connectivity index (χ4n) is 26.0. The van der Waals surface area contributed by atoms with Gasteiger partial charge in [0.1, 0.15) is 0 Å². The summed E-state index contributed by atoms with van der Waals surface area (Å²) in [6.07, 6.45) is 17.2. The van der Waals surface area contributed by atoms with E-state index in [1.165, 1.54) is 0 Å². The first kappa shape index (κ1) is 70.9. The van der Waals surface area contributed by atoms with Crippen LogP contribution in [0, 0.1) is 139 Å². The monoisotopic (exact) mass is 1280 g/mol. The van der Waals surface area contributed by atoms with Gasteiger partial charge < -0.3 is 75.7 Å². The van der Waals surface area contributed by atoms with Gasteiger partial charge in [-0.15, -0.1) is 0 Å². The van der Waals surface area contributed by atoms with Crippen molar-refractivity contribution < 1.29 is 92.7 Å². The third kappa shape index (κ3) is 12.1. The number of carbonyl (C=O) groups is 3. The molecule has 12 saturated carbocycles. The van der Waals surface area contributed by atoms with Crippen molar-refractivity contribution in [3.63, 3.8) is 0 Å². The summed E-state index contributed by atoms with van der Waals surface area (Å²) < 4.78 is 0. The van der Waals surface area contributed by atoms with Crippen LogP contribution >= 0.6 is 0 Å². The molecule has 12 aliphatic rings. The SMILES string of the molecule is C[C@H](CCC(=O)[O-])[C@H]1CCC2C3C(C[C@H](O)[C@@]21C)[C@@]1(C)CC[C@@H](O)C[C@H]1C[C@H]3O.C[C@H](CCC(=O)[O-])[C@H]1CCC2C3C(C[C@H](O)[C@@]21C)[C@@]1(C)CC[C@@H](O)C[C@H]1C[C@H]3O.C[C@H](CCC(=O)[O-])[C@H]1CCC2C3C(C[C@H](O)[C@@]21C)[C@@]1(C)CC[C@@H](O)C[C@H]1C[C@H]3O.[Fe+3]. The normalized spacial score (nSPS) is 52.3. The topological polar surface area (TPSA) is 302 Å². The average molecular weight is 1280 g/mol. The summed E-state index contributed by atoms with van der Waals surface area (Å²) in [6, 6.07) is 0. The first-order valence-electron chi connectivity index (χ1n) is 35.5. The molecule has 12 fully saturated rings. The second-order valence-corrected chi connectivity index (χ2v) is 34.2. The molecule has 0 heterocycles. The Bertz CT molecular complexity index is 2170. The number of hydrogen-bond acceptors (Lipinski definition) is 15. The van der Waals surface area contributed by atoms with Gasteiger partial charge >= 0.3 is 17.1 Å². The number of carbonyl (C=O) groups excluding carboxylic acids is 3. The van der Waals surface area contributed by atoms with Crippen LogP contribution in [0.2, 0.25) is 0 Å². The molecule has 12 aliphatic carbocycles. The number of carboxylic acids is 3. The molecule has 0 aliphatic heterocycles. The molecule has 0 saturated heterocycles. The van der Waals surface area contributed by atoms with E-state index in [0.717, 1.165) is 135 Å². The molecular weight excluding hydrogens is 1160 g/mol. The number of hydrogen-bond donors (Lipinski definition) is 9. The maximum Gasteiger partial charge on any atom is 3.00 e. The number of carboxylic acid groups (broad SMARTS) is 3. The van der Waals surface area contributed by atoms with Gasteiger partial charge in [-0.3, -0.25) is 0 Å². The molecular formula is C72H117FeO15. The Labute approximate surface area is 537 Å². The van der Waals surface area contributed by atoms with Gasteiger partial charge in [0.05, 0.1) is 54.9 Å². The van der Waals surface area contributed by atoms with Crippen LogP contribution in [-0.2, 0) is 31.5 Å². The molecule has 0 aromatic heterocycles. The van der Waals surface area contributed by atoms with E-state index >= 15 is 0 Å². The van der Waals surface area contributed by atoms with Crippen LogP contribution in [0.25, 0.3) is 0 Å². The van der Waals surface area contributed by atoms with Crippen molar-refractivity contribution in [3.05, 3.63) is 0 Å². The zero-order valence-corrected chi connectivity index (χ0v) is 56.1. The van der Waals surface area contributed by atoms with E-state index in [9.17, 15) is 75.7 Å². The minimum atomic E-state index is -0.998. The molecule has 0 bridgehead atoms. The van der Waals surface area contributed by atoms with Crippen LogP contribution in [0.3, 0.4) is 0 Å². The summed E-state index contributed by atoms with van der Waals surface area (Å²) in [5.41, 5.74) is -0.515. The number of fused-ring (bicyclic) bond motifs is 15. The molecule has 9 N–H and O–H groups in total. The third-order valence-electron chi connectivity index (χ3n) is 31.0. The second-order valence-electron chi connectivity index (χ2n) is 34.2. The quantitative estimate of drug-likeness (QED) is 0.0964. The zero-order chi connectivity index (χ0) is 63.4. The van der Waals surface area contributed by atoms with Gasteiger partial charge in [-0.05, 0) is 312 Å². The van der Waals surface area contributed by atoms with Gasteiger partial charge in [0.15, 0.2) is 0 Å². The Morgan fingerprint density at radius 2 is 0.602 bits per heavy atom. The Balaban J connectivity index is 0.000000156. The summed E-state index contributed by atoms with van der Waals surface area (Å²) in [7, 11) is 0. The maximum absolute atomic E-state index is 11.5. The summed E-state index contributed by atoms with van der Waals surface area (Å²) in [4.78, 5) is 32.9. The van der Waals surface area contributed by atoms with E-state index in [1.54, 1.807) is 0 Å². The minimum absolute atomic E-state index is 0. The molecule has 88 heavy (non-hydrogen) atoms. The molecule has 0 amide bonds. The van der Waals surface area contributed by atoms with Crippen molar-refractivity contribution in [1.29, 1.82) is 0 Å². The van der Waals surface area contributed by atoms with Crippen LogP contribution in [-0.4, -0.2) is 119 Å². The molecule has 0 spiro atoms. The average Bonchev–Trinajstić information content (AvgIpc) is 1.31. The third-order valence-corrected chi connectivity index (χ3v) is 31.0. The van der Waals surface area contributed by atoms with E-state index in [-0.39, 0.29) is 176 Å². The standard InChI is InChI=1S/3C24H40O5.Fe/c3*1-13(4-7-21(28)29)16-5-6-17-22-18(12-20(27)24(16,17)3)23(2)9-8-15(25)10-14(23)11-19(22)26;/h3*13-20,22,25-27H,4-12H2,1-3H3,(H,28,29);/q;;;+3/p-3/t3*13-,14+,15-,16-,17?,18?,19-,20+,22?,23+,24-;/m111./s1. The summed E-state index contributed by atoms with van der Waals surface area (Å²) in [5.74, 6) is 1.90. The zero-order valence-electron chi connectivity index (χ0n) is 55.0. The van der Waals surface area contributed by atoms with E-state index in [0.29, 0.717) is 54.8 Å². The van der Waals surface area contributed by atoms with Gasteiger partial charge in [-0.2, -0.15) is 0 Å². The fraction of sp³-hybridized carbons (Fsp3) is 0.958. The largest absolute Gasteiger partial charge is 3.00 e. The van der Waals surface area contributed by atoms with Crippen LogP contribution in [0.4, 0.5) is 0 Å². The van der Waals surface area contributed by atoms with Crippen LogP contribution in [0.1, 0.15) is 236 Å². The van der Waals surface area contributed by atoms with Gasteiger partial charge in [-0.1, -0.05) is 62.3 Å². The summed E-state index contributed by atoms with van der Waals surface area (Å²) >= 11 is 0. The number of aliphatic hydroxyl groups excluding tert-OH is 9. The van der Waals surface area contributed by atoms with Crippen molar-refractivity contribution in [2.24, 2.45) is 139 Å². The van der Waals surface area contributed by atoms with Gasteiger partial charge in [0.2, 0.25) is 0 Å². The number of rotatable bonds is 12. The summed E-state index contributed by atoms with van der Waals surface area (Å²) in [6.45, 7) is 20.0. The van der Waals surface area contributed by atoms with Gasteiger partial charge in [0, 0.05) is 17.9 Å². The molecule has 33 atom stereocenters. The van der Waals surface area contributed by atoms with Crippen molar-refractivity contribution in [2.45, 2.75) is 291 Å². The smallest absolute Gasteiger partial charge is 0.550 e. The molecule has 12 rings (SSSR count). The van der Waals surface area contributed by atoms with E-state index in [4.69, 9.17) is 0 Å². The van der Waals surface area contributed by atoms with Crippen LogP contribution in [0.5, 0.6) is 0 Å². The Hall–Kier alpha value is -1.43. The molecule has 15 nitrogen and oxygen atoms in total. The Kier molecular flexibility index (Phi) is 21.5.